The second kappa shape index (κ2) is 4.74. The minimum atomic E-state index is 0.119. The van der Waals surface area contributed by atoms with Gasteiger partial charge in [-0.25, -0.2) is 0 Å². The van der Waals surface area contributed by atoms with E-state index in [-0.39, 0.29) is 6.10 Å². The lowest BCUT2D eigenvalue weighted by atomic mass is 10.1. The molecular weight excluding hydrogens is 202 g/mol. The van der Waals surface area contributed by atoms with Gasteiger partial charge in [0.15, 0.2) is 0 Å². The van der Waals surface area contributed by atoms with E-state index in [1.165, 1.54) is 11.1 Å². The zero-order chi connectivity index (χ0) is 11.5. The Kier molecular flexibility index (Phi) is 3.34. The smallest absolute Gasteiger partial charge is 0.145 e. The van der Waals surface area contributed by atoms with Crippen molar-refractivity contribution in [2.75, 3.05) is 25.1 Å². The van der Waals surface area contributed by atoms with Crippen LogP contribution in [0.4, 0.5) is 5.69 Å². The molecule has 1 N–H and O–H groups in total. The molecule has 1 aliphatic rings. The highest BCUT2D eigenvalue weighted by Gasteiger charge is 2.20. The molecular formula is C13H19NO2. The molecule has 1 aliphatic heterocycles. The lowest BCUT2D eigenvalue weighted by Crippen LogP contribution is -2.35. The fourth-order valence-corrected chi connectivity index (χ4v) is 2.02. The van der Waals surface area contributed by atoms with Gasteiger partial charge in [0.2, 0.25) is 0 Å². The number of anilines is 1. The van der Waals surface area contributed by atoms with E-state index in [0.29, 0.717) is 6.61 Å². The van der Waals surface area contributed by atoms with Gasteiger partial charge in [0.25, 0.3) is 0 Å². The second-order valence-electron chi connectivity index (χ2n) is 4.24. The van der Waals surface area contributed by atoms with Crippen LogP contribution in [0.5, 0.6) is 5.75 Å². The van der Waals surface area contributed by atoms with Crippen LogP contribution >= 0.6 is 0 Å². The van der Waals surface area contributed by atoms with Crippen molar-refractivity contribution < 1.29 is 9.47 Å². The number of benzene rings is 1. The molecule has 1 atom stereocenters. The van der Waals surface area contributed by atoms with Gasteiger partial charge in [-0.15, -0.1) is 0 Å². The highest BCUT2D eigenvalue weighted by molar-refractivity contribution is 5.63. The Labute approximate surface area is 96.8 Å². The summed E-state index contributed by atoms with van der Waals surface area (Å²) in [7, 11) is 0. The van der Waals surface area contributed by atoms with E-state index < -0.39 is 0 Å². The first-order chi connectivity index (χ1) is 7.70. The third kappa shape index (κ3) is 2.30. The Bertz CT molecular complexity index is 376. The summed E-state index contributed by atoms with van der Waals surface area (Å²) in [5.41, 5.74) is 3.55. The van der Waals surface area contributed by atoms with Crippen molar-refractivity contribution in [3.05, 3.63) is 23.3 Å². The molecule has 0 bridgehead atoms. The largest absolute Gasteiger partial charge is 0.484 e. The monoisotopic (exact) mass is 221 g/mol. The van der Waals surface area contributed by atoms with Gasteiger partial charge < -0.3 is 14.8 Å². The molecule has 0 radical (unpaired) electrons. The van der Waals surface area contributed by atoms with Crippen LogP contribution in [0.15, 0.2) is 12.1 Å². The fourth-order valence-electron chi connectivity index (χ4n) is 2.02. The molecule has 0 fully saturated rings. The normalized spacial score (nSPS) is 18.6. The lowest BCUT2D eigenvalue weighted by Gasteiger charge is -2.28. The highest BCUT2D eigenvalue weighted by atomic mass is 16.5. The second-order valence-corrected chi connectivity index (χ2v) is 4.24. The zero-order valence-corrected chi connectivity index (χ0v) is 10.2. The molecule has 0 aromatic heterocycles. The molecule has 88 valence electrons. The number of hydrogen-bond acceptors (Lipinski definition) is 3. The molecule has 3 nitrogen and oxygen atoms in total. The van der Waals surface area contributed by atoms with Crippen molar-refractivity contribution in [2.45, 2.75) is 26.9 Å². The van der Waals surface area contributed by atoms with E-state index in [2.05, 4.69) is 31.3 Å². The van der Waals surface area contributed by atoms with Crippen molar-refractivity contribution >= 4 is 5.69 Å². The van der Waals surface area contributed by atoms with E-state index in [0.717, 1.165) is 24.6 Å². The van der Waals surface area contributed by atoms with Crippen molar-refractivity contribution in [1.82, 2.24) is 0 Å². The van der Waals surface area contributed by atoms with Crippen LogP contribution in [0.2, 0.25) is 0 Å². The van der Waals surface area contributed by atoms with Crippen LogP contribution in [0.1, 0.15) is 18.1 Å². The average molecular weight is 221 g/mol. The van der Waals surface area contributed by atoms with Crippen LogP contribution in [0.25, 0.3) is 0 Å². The number of rotatable bonds is 3. The van der Waals surface area contributed by atoms with E-state index in [1.54, 1.807) is 0 Å². The molecule has 1 unspecified atom stereocenters. The van der Waals surface area contributed by atoms with Crippen LogP contribution in [0, 0.1) is 13.8 Å². The minimum Gasteiger partial charge on any atom is -0.484 e. The molecule has 16 heavy (non-hydrogen) atoms. The number of nitrogens with one attached hydrogen (secondary N) is 1. The van der Waals surface area contributed by atoms with Crippen molar-refractivity contribution in [1.29, 1.82) is 0 Å². The number of aryl methyl sites for hydroxylation is 2. The van der Waals surface area contributed by atoms with Crippen LogP contribution < -0.4 is 10.1 Å². The molecule has 0 aliphatic carbocycles. The maximum atomic E-state index is 5.93. The van der Waals surface area contributed by atoms with Gasteiger partial charge in [0, 0.05) is 6.61 Å². The predicted octanol–water partition coefficient (Wildman–Crippen LogP) is 2.51. The third-order valence-electron chi connectivity index (χ3n) is 2.73. The minimum absolute atomic E-state index is 0.119. The predicted molar refractivity (Wildman–Crippen MR) is 65.3 cm³/mol. The topological polar surface area (TPSA) is 30.5 Å². The first kappa shape index (κ1) is 11.3. The molecule has 3 heteroatoms. The lowest BCUT2D eigenvalue weighted by molar-refractivity contribution is 0.0595. The van der Waals surface area contributed by atoms with E-state index in [4.69, 9.17) is 9.47 Å². The highest BCUT2D eigenvalue weighted by Crippen LogP contribution is 2.33. The molecule has 0 amide bonds. The van der Waals surface area contributed by atoms with Gasteiger partial charge in [-0.05, 0) is 38.0 Å². The summed E-state index contributed by atoms with van der Waals surface area (Å²) in [5, 5.41) is 3.40. The van der Waals surface area contributed by atoms with E-state index >= 15 is 0 Å². The SMILES string of the molecule is CCOCC1CNc2cc(C)cc(C)c2O1. The Morgan fingerprint density at radius 2 is 2.25 bits per heavy atom. The Morgan fingerprint density at radius 3 is 3.00 bits per heavy atom. The fraction of sp³-hybridized carbons (Fsp3) is 0.538. The van der Waals surface area contributed by atoms with Crippen LogP contribution in [-0.4, -0.2) is 25.9 Å². The summed E-state index contributed by atoms with van der Waals surface area (Å²) >= 11 is 0. The quantitative estimate of drug-likeness (QED) is 0.850. The van der Waals surface area contributed by atoms with E-state index in [9.17, 15) is 0 Å². The third-order valence-corrected chi connectivity index (χ3v) is 2.73. The Balaban J connectivity index is 2.14. The van der Waals surface area contributed by atoms with Crippen LogP contribution in [-0.2, 0) is 4.74 Å². The summed E-state index contributed by atoms with van der Waals surface area (Å²) in [6.45, 7) is 8.38. The van der Waals surface area contributed by atoms with Crippen LogP contribution in [0.3, 0.4) is 0 Å². The Hall–Kier alpha value is -1.22. The molecule has 1 aromatic carbocycles. The standard InChI is InChI=1S/C13H19NO2/c1-4-15-8-11-7-14-12-6-9(2)5-10(3)13(12)16-11/h5-6,11,14H,4,7-8H2,1-3H3. The Morgan fingerprint density at radius 1 is 1.44 bits per heavy atom. The van der Waals surface area contributed by atoms with Gasteiger partial charge in [-0.1, -0.05) is 6.07 Å². The first-order valence-corrected chi connectivity index (χ1v) is 5.80. The molecule has 0 spiro atoms. The number of ether oxygens (including phenoxy) is 2. The molecule has 2 rings (SSSR count). The average Bonchev–Trinajstić information content (AvgIpc) is 2.26. The van der Waals surface area contributed by atoms with Gasteiger partial charge in [-0.3, -0.25) is 0 Å². The van der Waals surface area contributed by atoms with Crippen molar-refractivity contribution in [3.63, 3.8) is 0 Å². The summed E-state index contributed by atoms with van der Waals surface area (Å²) in [6.07, 6.45) is 0.119. The van der Waals surface area contributed by atoms with Crippen molar-refractivity contribution in [3.8, 4) is 5.75 Å². The van der Waals surface area contributed by atoms with E-state index in [1.807, 2.05) is 6.92 Å². The maximum absolute atomic E-state index is 5.93. The van der Waals surface area contributed by atoms with Gasteiger partial charge in [-0.2, -0.15) is 0 Å². The summed E-state index contributed by atoms with van der Waals surface area (Å²) < 4.78 is 11.3. The summed E-state index contributed by atoms with van der Waals surface area (Å²) in [6, 6.07) is 4.27. The molecule has 0 saturated carbocycles. The molecule has 0 saturated heterocycles. The molecule has 1 heterocycles. The maximum Gasteiger partial charge on any atom is 0.145 e. The zero-order valence-electron chi connectivity index (χ0n) is 10.2. The van der Waals surface area contributed by atoms with Gasteiger partial charge in [0.1, 0.15) is 11.9 Å². The summed E-state index contributed by atoms with van der Waals surface area (Å²) in [4.78, 5) is 0. The number of fused-ring (bicyclic) bond motifs is 1. The van der Waals surface area contributed by atoms with Gasteiger partial charge >= 0.3 is 0 Å². The summed E-state index contributed by atoms with van der Waals surface area (Å²) in [5.74, 6) is 0.974. The van der Waals surface area contributed by atoms with Crippen molar-refractivity contribution in [2.24, 2.45) is 0 Å². The first-order valence-electron chi connectivity index (χ1n) is 5.80. The number of hydrogen-bond donors (Lipinski definition) is 1. The van der Waals surface area contributed by atoms with Gasteiger partial charge in [0.05, 0.1) is 18.8 Å². The molecule has 1 aromatic rings.